The van der Waals surface area contributed by atoms with Crippen LogP contribution < -0.4 is 5.32 Å². The molecule has 0 saturated heterocycles. The van der Waals surface area contributed by atoms with E-state index in [4.69, 9.17) is 0 Å². The first-order valence-corrected chi connectivity index (χ1v) is 4.60. The van der Waals surface area contributed by atoms with Crippen LogP contribution >= 0.6 is 0 Å². The topological polar surface area (TPSA) is 55.4 Å². The molecule has 2 aliphatic carbocycles. The first-order valence-electron chi connectivity index (χ1n) is 4.60. The van der Waals surface area contributed by atoms with Gasteiger partial charge < -0.3 is 10.1 Å². The Morgan fingerprint density at radius 2 is 2.00 bits per heavy atom. The van der Waals surface area contributed by atoms with E-state index in [1.54, 1.807) is 0 Å². The van der Waals surface area contributed by atoms with Gasteiger partial charge in [-0.1, -0.05) is 0 Å². The van der Waals surface area contributed by atoms with Crippen molar-refractivity contribution in [2.24, 2.45) is 11.8 Å². The summed E-state index contributed by atoms with van der Waals surface area (Å²) in [6.07, 6.45) is 2.83. The van der Waals surface area contributed by atoms with Crippen LogP contribution in [-0.2, 0) is 14.3 Å². The summed E-state index contributed by atoms with van der Waals surface area (Å²) in [6.45, 7) is 0. The van der Waals surface area contributed by atoms with Gasteiger partial charge in [-0.2, -0.15) is 0 Å². The largest absolute Gasteiger partial charge is 0.469 e. The molecule has 72 valence electrons. The average Bonchev–Trinajstić information content (AvgIpc) is 2.95. The molecule has 0 aliphatic heterocycles. The molecule has 4 heteroatoms. The van der Waals surface area contributed by atoms with Crippen molar-refractivity contribution >= 4 is 11.9 Å². The summed E-state index contributed by atoms with van der Waals surface area (Å²) in [7, 11) is 1.36. The Hall–Kier alpha value is -1.06. The van der Waals surface area contributed by atoms with Gasteiger partial charge in [0.2, 0.25) is 5.91 Å². The van der Waals surface area contributed by atoms with Gasteiger partial charge in [0.1, 0.15) is 0 Å². The van der Waals surface area contributed by atoms with E-state index in [2.05, 4.69) is 10.1 Å². The second-order valence-electron chi connectivity index (χ2n) is 3.75. The summed E-state index contributed by atoms with van der Waals surface area (Å²) in [6, 6.07) is 0.381. The maximum absolute atomic E-state index is 11.4. The predicted octanol–water partition coefficient (Wildman–Crippen LogP) is 0.0741. The van der Waals surface area contributed by atoms with E-state index >= 15 is 0 Å². The maximum atomic E-state index is 11.4. The second kappa shape index (κ2) is 3.01. The molecule has 1 amide bonds. The fourth-order valence-electron chi connectivity index (χ4n) is 1.43. The molecule has 2 rings (SSSR count). The minimum Gasteiger partial charge on any atom is -0.469 e. The Morgan fingerprint density at radius 3 is 2.54 bits per heavy atom. The number of hydrogen-bond acceptors (Lipinski definition) is 3. The number of esters is 1. The van der Waals surface area contributed by atoms with E-state index < -0.39 is 0 Å². The van der Waals surface area contributed by atoms with E-state index in [1.807, 2.05) is 0 Å². The molecule has 13 heavy (non-hydrogen) atoms. The van der Waals surface area contributed by atoms with Crippen LogP contribution in [-0.4, -0.2) is 25.0 Å². The van der Waals surface area contributed by atoms with Gasteiger partial charge in [0.25, 0.3) is 0 Å². The molecule has 0 aromatic heterocycles. The van der Waals surface area contributed by atoms with Crippen LogP contribution in [0.3, 0.4) is 0 Å². The molecule has 1 N–H and O–H groups in total. The number of carbonyl (C=O) groups excluding carboxylic acids is 2. The number of methoxy groups -OCH3 is 1. The van der Waals surface area contributed by atoms with Crippen LogP contribution in [0.4, 0.5) is 0 Å². The first-order chi connectivity index (χ1) is 6.22. The lowest BCUT2D eigenvalue weighted by molar-refractivity contribution is -0.143. The molecule has 2 atom stereocenters. The summed E-state index contributed by atoms with van der Waals surface area (Å²) in [5, 5.41) is 2.88. The SMILES string of the molecule is COC(=O)C1CC1C(=O)NC1CC1. The maximum Gasteiger partial charge on any atom is 0.309 e. The highest BCUT2D eigenvalue weighted by Gasteiger charge is 2.49. The van der Waals surface area contributed by atoms with E-state index in [9.17, 15) is 9.59 Å². The zero-order valence-corrected chi connectivity index (χ0v) is 7.58. The van der Waals surface area contributed by atoms with Gasteiger partial charge in [-0.15, -0.1) is 0 Å². The van der Waals surface area contributed by atoms with E-state index in [0.717, 1.165) is 12.8 Å². The van der Waals surface area contributed by atoms with Gasteiger partial charge in [0.05, 0.1) is 18.9 Å². The molecule has 2 aliphatic rings. The van der Waals surface area contributed by atoms with Crippen LogP contribution in [0.15, 0.2) is 0 Å². The smallest absolute Gasteiger partial charge is 0.309 e. The molecule has 2 unspecified atom stereocenters. The number of ether oxygens (including phenoxy) is 1. The summed E-state index contributed by atoms with van der Waals surface area (Å²) < 4.78 is 4.56. The number of amides is 1. The van der Waals surface area contributed by atoms with E-state index in [1.165, 1.54) is 7.11 Å². The van der Waals surface area contributed by atoms with Crippen LogP contribution in [0.25, 0.3) is 0 Å². The lowest BCUT2D eigenvalue weighted by Gasteiger charge is -2.00. The van der Waals surface area contributed by atoms with Gasteiger partial charge in [0.15, 0.2) is 0 Å². The highest BCUT2D eigenvalue weighted by molar-refractivity contribution is 5.90. The number of hydrogen-bond donors (Lipinski definition) is 1. The van der Waals surface area contributed by atoms with Crippen LogP contribution in [0.2, 0.25) is 0 Å². The van der Waals surface area contributed by atoms with Gasteiger partial charge in [0, 0.05) is 6.04 Å². The van der Waals surface area contributed by atoms with Crippen LogP contribution in [0.5, 0.6) is 0 Å². The van der Waals surface area contributed by atoms with E-state index in [0.29, 0.717) is 12.5 Å². The molecule has 4 nitrogen and oxygen atoms in total. The predicted molar refractivity (Wildman–Crippen MR) is 44.8 cm³/mol. The molecule has 2 saturated carbocycles. The normalized spacial score (nSPS) is 30.8. The van der Waals surface area contributed by atoms with Crippen molar-refractivity contribution in [2.75, 3.05) is 7.11 Å². The summed E-state index contributed by atoms with van der Waals surface area (Å²) in [5.41, 5.74) is 0. The fraction of sp³-hybridized carbons (Fsp3) is 0.778. The van der Waals surface area contributed by atoms with Crippen molar-refractivity contribution in [1.29, 1.82) is 0 Å². The molecule has 0 radical (unpaired) electrons. The lowest BCUT2D eigenvalue weighted by Crippen LogP contribution is -2.28. The zero-order valence-electron chi connectivity index (χ0n) is 7.58. The van der Waals surface area contributed by atoms with Gasteiger partial charge >= 0.3 is 5.97 Å². The van der Waals surface area contributed by atoms with Crippen LogP contribution in [0, 0.1) is 11.8 Å². The fourth-order valence-corrected chi connectivity index (χ4v) is 1.43. The second-order valence-corrected chi connectivity index (χ2v) is 3.75. The van der Waals surface area contributed by atoms with Crippen molar-refractivity contribution in [3.05, 3.63) is 0 Å². The third-order valence-corrected chi connectivity index (χ3v) is 2.55. The highest BCUT2D eigenvalue weighted by Crippen LogP contribution is 2.40. The van der Waals surface area contributed by atoms with Crippen molar-refractivity contribution in [3.8, 4) is 0 Å². The Bertz CT molecular complexity index is 247. The molecule has 0 spiro atoms. The van der Waals surface area contributed by atoms with Crippen molar-refractivity contribution < 1.29 is 14.3 Å². The Morgan fingerprint density at radius 1 is 1.31 bits per heavy atom. The van der Waals surface area contributed by atoms with Crippen molar-refractivity contribution in [1.82, 2.24) is 5.32 Å². The molecule has 0 aromatic carbocycles. The third kappa shape index (κ3) is 1.82. The molecular weight excluding hydrogens is 170 g/mol. The number of rotatable bonds is 3. The lowest BCUT2D eigenvalue weighted by atomic mass is 10.3. The summed E-state index contributed by atoms with van der Waals surface area (Å²) >= 11 is 0. The third-order valence-electron chi connectivity index (χ3n) is 2.55. The van der Waals surface area contributed by atoms with Crippen LogP contribution in [0.1, 0.15) is 19.3 Å². The van der Waals surface area contributed by atoms with Gasteiger partial charge in [-0.25, -0.2) is 0 Å². The average molecular weight is 183 g/mol. The highest BCUT2D eigenvalue weighted by atomic mass is 16.5. The summed E-state index contributed by atoms with van der Waals surface area (Å²) in [5.74, 6) is -0.523. The van der Waals surface area contributed by atoms with E-state index in [-0.39, 0.29) is 23.7 Å². The molecule has 0 heterocycles. The van der Waals surface area contributed by atoms with Crippen molar-refractivity contribution in [2.45, 2.75) is 25.3 Å². The minimum atomic E-state index is -0.254. The Labute approximate surface area is 76.6 Å². The minimum absolute atomic E-state index is 0.0258. The number of nitrogens with one attached hydrogen (secondary N) is 1. The Balaban J connectivity index is 1.77. The first kappa shape index (κ1) is 8.53. The molecule has 2 fully saturated rings. The standard InChI is InChI=1S/C9H13NO3/c1-13-9(12)7-4-6(7)8(11)10-5-2-3-5/h5-7H,2-4H2,1H3,(H,10,11). The van der Waals surface area contributed by atoms with Crippen molar-refractivity contribution in [3.63, 3.8) is 0 Å². The Kier molecular flexibility index (Phi) is 1.98. The zero-order chi connectivity index (χ0) is 9.42. The number of carbonyl (C=O) groups is 2. The van der Waals surface area contributed by atoms with Gasteiger partial charge in [-0.3, -0.25) is 9.59 Å². The molecule has 0 bridgehead atoms. The summed E-state index contributed by atoms with van der Waals surface area (Å²) in [4.78, 5) is 22.4. The molecular formula is C9H13NO3. The monoisotopic (exact) mass is 183 g/mol. The quantitative estimate of drug-likeness (QED) is 0.630. The van der Waals surface area contributed by atoms with Gasteiger partial charge in [-0.05, 0) is 19.3 Å². The molecule has 0 aromatic rings.